The van der Waals surface area contributed by atoms with Crippen molar-refractivity contribution < 1.29 is 22.4 Å². The summed E-state index contributed by atoms with van der Waals surface area (Å²) in [6.45, 7) is 6.29. The van der Waals surface area contributed by atoms with E-state index in [9.17, 15) is 0 Å². The third-order valence-corrected chi connectivity index (χ3v) is 1.76. The number of rotatable bonds is 4. The van der Waals surface area contributed by atoms with Crippen LogP contribution in [0.2, 0.25) is 0 Å². The fourth-order valence-corrected chi connectivity index (χ4v) is 1.20. The van der Waals surface area contributed by atoms with E-state index in [1.165, 1.54) is 0 Å². The van der Waals surface area contributed by atoms with Crippen LogP contribution in [-0.4, -0.2) is 22.3 Å². The zero-order valence-corrected chi connectivity index (χ0v) is 10.0. The molecule has 0 saturated heterocycles. The smallest absolute Gasteiger partial charge is 0.411 e. The third-order valence-electron chi connectivity index (χ3n) is 1.25. The first kappa shape index (κ1) is 14.4. The number of thiocarbonyl (C=S) groups is 1. The van der Waals surface area contributed by atoms with Crippen molar-refractivity contribution in [1.29, 1.82) is 0 Å². The Morgan fingerprint density at radius 2 is 1.64 bits per heavy atom. The van der Waals surface area contributed by atoms with Crippen LogP contribution in [0.25, 0.3) is 0 Å². The zero-order valence-electron chi connectivity index (χ0n) is 6.89. The van der Waals surface area contributed by atoms with Crippen molar-refractivity contribution in [2.75, 3.05) is 13.1 Å². The summed E-state index contributed by atoms with van der Waals surface area (Å²) in [5.41, 5.74) is 0. The molecule has 0 N–H and O–H groups in total. The number of hydrogen-bond donors (Lipinski definition) is 0. The van der Waals surface area contributed by atoms with Gasteiger partial charge in [0.2, 0.25) is 0 Å². The molecule has 0 aliphatic carbocycles. The van der Waals surface area contributed by atoms with Crippen molar-refractivity contribution in [3.8, 4) is 0 Å². The number of nitrogens with zero attached hydrogens (tertiary/aromatic N) is 1. The predicted molar refractivity (Wildman–Crippen MR) is 52.1 cm³/mol. The molecule has 0 fully saturated rings. The van der Waals surface area contributed by atoms with Crippen LogP contribution in [0.1, 0.15) is 26.7 Å². The number of hydrogen-bond acceptors (Lipinski definition) is 2. The van der Waals surface area contributed by atoms with Gasteiger partial charge in [0.05, 0.1) is 0 Å². The average Bonchev–Trinajstić information content (AvgIpc) is 1.87. The normalized spacial score (nSPS) is 8.55. The molecule has 0 aliphatic rings. The first-order valence-corrected chi connectivity index (χ1v) is 4.50. The van der Waals surface area contributed by atoms with E-state index in [4.69, 9.17) is 24.8 Å². The van der Waals surface area contributed by atoms with E-state index in [0.717, 1.165) is 25.9 Å². The second kappa shape index (κ2) is 8.94. The molecule has 0 rings (SSSR count). The fraction of sp³-hybridized carbons (Fsp3) is 0.857. The summed E-state index contributed by atoms with van der Waals surface area (Å²) in [6.07, 6.45) is 2.24. The fourth-order valence-electron chi connectivity index (χ4n) is 0.834. The van der Waals surface area contributed by atoms with E-state index in [2.05, 4.69) is 18.7 Å². The van der Waals surface area contributed by atoms with Crippen LogP contribution in [-0.2, 0) is 35.0 Å². The van der Waals surface area contributed by atoms with Gasteiger partial charge in [0.25, 0.3) is 0 Å². The Morgan fingerprint density at radius 3 is 1.82 bits per heavy atom. The topological polar surface area (TPSA) is 3.24 Å². The Kier molecular flexibility index (Phi) is 11.7. The summed E-state index contributed by atoms with van der Waals surface area (Å²) in [6, 6.07) is 0. The van der Waals surface area contributed by atoms with Crippen LogP contribution in [0.15, 0.2) is 0 Å². The van der Waals surface area contributed by atoms with Crippen LogP contribution in [0.5, 0.6) is 0 Å². The van der Waals surface area contributed by atoms with E-state index >= 15 is 0 Å². The minimum Gasteiger partial charge on any atom is -0.411 e. The Bertz CT molecular complexity index is 103. The van der Waals surface area contributed by atoms with E-state index < -0.39 is 0 Å². The largest absolute Gasteiger partial charge is 1.00 e. The summed E-state index contributed by atoms with van der Waals surface area (Å²) in [5.74, 6) is 0. The minimum absolute atomic E-state index is 0. The molecule has 0 saturated carbocycles. The van der Waals surface area contributed by atoms with E-state index in [1.54, 1.807) is 0 Å². The molecule has 0 aliphatic heterocycles. The van der Waals surface area contributed by atoms with Gasteiger partial charge in [0, 0.05) is 13.1 Å². The third kappa shape index (κ3) is 7.22. The quantitative estimate of drug-likeness (QED) is 0.441. The van der Waals surface area contributed by atoms with Gasteiger partial charge in [-0.15, -0.1) is 0 Å². The SMILES string of the molecule is CCCN(CCC)C(=S)[S-].[Ag+]. The Labute approximate surface area is 95.8 Å². The van der Waals surface area contributed by atoms with Crippen LogP contribution in [0.3, 0.4) is 0 Å². The molecule has 0 unspecified atom stereocenters. The summed E-state index contributed by atoms with van der Waals surface area (Å²) in [7, 11) is 0. The Hall–Kier alpha value is 0.850. The van der Waals surface area contributed by atoms with Gasteiger partial charge in [-0.05, 0) is 12.8 Å². The van der Waals surface area contributed by atoms with Crippen molar-refractivity contribution >= 4 is 29.2 Å². The van der Waals surface area contributed by atoms with Crippen LogP contribution in [0.4, 0.5) is 0 Å². The maximum absolute atomic E-state index is 4.89. The second-order valence-corrected chi connectivity index (χ2v) is 3.28. The van der Waals surface area contributed by atoms with Crippen molar-refractivity contribution in [3.05, 3.63) is 0 Å². The van der Waals surface area contributed by atoms with Crippen molar-refractivity contribution in [1.82, 2.24) is 4.90 Å². The second-order valence-electron chi connectivity index (χ2n) is 2.25. The van der Waals surface area contributed by atoms with Crippen molar-refractivity contribution in [2.24, 2.45) is 0 Å². The van der Waals surface area contributed by atoms with Crippen LogP contribution < -0.4 is 0 Å². The minimum atomic E-state index is 0. The van der Waals surface area contributed by atoms with E-state index in [1.807, 2.05) is 0 Å². The van der Waals surface area contributed by atoms with Crippen molar-refractivity contribution in [3.63, 3.8) is 0 Å². The summed E-state index contributed by atoms with van der Waals surface area (Å²) in [5, 5.41) is 0. The van der Waals surface area contributed by atoms with E-state index in [0.29, 0.717) is 4.32 Å². The zero-order chi connectivity index (χ0) is 7.98. The Morgan fingerprint density at radius 1 is 1.27 bits per heavy atom. The molecule has 0 aromatic heterocycles. The summed E-state index contributed by atoms with van der Waals surface area (Å²) in [4.78, 5) is 2.07. The molecule has 0 amide bonds. The molecule has 0 bridgehead atoms. The monoisotopic (exact) mass is 283 g/mol. The van der Waals surface area contributed by atoms with Crippen LogP contribution >= 0.6 is 12.2 Å². The van der Waals surface area contributed by atoms with Gasteiger partial charge in [-0.3, -0.25) is 0 Å². The molecule has 70 valence electrons. The van der Waals surface area contributed by atoms with Crippen LogP contribution in [0, 0.1) is 0 Å². The molecule has 0 heterocycles. The summed E-state index contributed by atoms with van der Waals surface area (Å²) >= 11 is 9.78. The van der Waals surface area contributed by atoms with Gasteiger partial charge >= 0.3 is 22.4 Å². The first-order chi connectivity index (χ1) is 4.72. The molecular weight excluding hydrogens is 270 g/mol. The summed E-state index contributed by atoms with van der Waals surface area (Å²) < 4.78 is 0.615. The standard InChI is InChI=1S/C7H15NS2.Ag/c1-3-5-8(6-4-2)7(9)10;/h3-6H2,1-2H3,(H,9,10);/q;+1/p-1. The molecular formula is C7H14AgNS2. The molecule has 0 aromatic rings. The molecule has 11 heavy (non-hydrogen) atoms. The van der Waals surface area contributed by atoms with Gasteiger partial charge in [0.1, 0.15) is 0 Å². The van der Waals surface area contributed by atoms with Gasteiger partial charge in [0.15, 0.2) is 0 Å². The molecule has 0 atom stereocenters. The van der Waals surface area contributed by atoms with Gasteiger partial charge in [-0.1, -0.05) is 18.2 Å². The molecule has 0 radical (unpaired) electrons. The Balaban J connectivity index is 0. The molecule has 0 spiro atoms. The maximum Gasteiger partial charge on any atom is 1.00 e. The first-order valence-electron chi connectivity index (χ1n) is 3.68. The van der Waals surface area contributed by atoms with Gasteiger partial charge in [-0.25, -0.2) is 0 Å². The van der Waals surface area contributed by atoms with Gasteiger partial charge < -0.3 is 29.7 Å². The van der Waals surface area contributed by atoms with E-state index in [-0.39, 0.29) is 22.4 Å². The maximum atomic E-state index is 4.89. The van der Waals surface area contributed by atoms with Gasteiger partial charge in [-0.2, -0.15) is 0 Å². The molecule has 1 nitrogen and oxygen atoms in total. The van der Waals surface area contributed by atoms with Crippen molar-refractivity contribution in [2.45, 2.75) is 26.7 Å². The average molecular weight is 284 g/mol. The predicted octanol–water partition coefficient (Wildman–Crippen LogP) is 1.94. The molecule has 4 heteroatoms. The molecule has 0 aromatic carbocycles.